The standard InChI is InChI=1S/C67H43NO2/c1-5-19-44(20-6-1)46-35-39-50(40-36-46)68(51-41-37-47(38-42-51)45-21-7-2-8-22-45)59-33-18-29-52-56-43-61-63(54-28-14-16-34-60(54)69-61)64(66(56)70-65(52)59)55-30-17-32-58-62(55)53-27-13-15-31-57(53)67(58,48-23-9-3-10-24-48)49-25-11-4-12-26-49/h1-43H. The molecule has 1 aliphatic rings. The monoisotopic (exact) mass is 893 g/mol. The number of para-hydroxylation sites is 2. The Kier molecular flexibility index (Phi) is 9.11. The lowest BCUT2D eigenvalue weighted by molar-refractivity contribution is 0.665. The van der Waals surface area contributed by atoms with E-state index in [1.54, 1.807) is 0 Å². The molecule has 328 valence electrons. The maximum atomic E-state index is 7.59. The molecule has 3 nitrogen and oxygen atoms in total. The van der Waals surface area contributed by atoms with Gasteiger partial charge in [0.25, 0.3) is 0 Å². The fourth-order valence-electron chi connectivity index (χ4n) is 11.5. The lowest BCUT2D eigenvalue weighted by Crippen LogP contribution is -2.28. The summed E-state index contributed by atoms with van der Waals surface area (Å²) in [4.78, 5) is 2.33. The van der Waals surface area contributed by atoms with Gasteiger partial charge in [-0.1, -0.05) is 218 Å². The highest BCUT2D eigenvalue weighted by Crippen LogP contribution is 2.60. The van der Waals surface area contributed by atoms with Crippen molar-refractivity contribution in [3.63, 3.8) is 0 Å². The molecule has 0 spiro atoms. The van der Waals surface area contributed by atoms with E-state index in [2.05, 4.69) is 260 Å². The zero-order chi connectivity index (χ0) is 46.2. The summed E-state index contributed by atoms with van der Waals surface area (Å²) in [6, 6.07) is 93.8. The van der Waals surface area contributed by atoms with Gasteiger partial charge in [-0.3, -0.25) is 0 Å². The fourth-order valence-corrected chi connectivity index (χ4v) is 11.5. The predicted molar refractivity (Wildman–Crippen MR) is 289 cm³/mol. The Morgan fingerprint density at radius 2 is 0.814 bits per heavy atom. The van der Waals surface area contributed by atoms with Gasteiger partial charge in [-0.25, -0.2) is 0 Å². The summed E-state index contributed by atoms with van der Waals surface area (Å²) in [5.41, 5.74) is 19.9. The van der Waals surface area contributed by atoms with E-state index >= 15 is 0 Å². The molecular formula is C67H43NO2. The molecule has 3 heteroatoms. The molecule has 0 aliphatic heterocycles. The van der Waals surface area contributed by atoms with Crippen LogP contribution in [0.25, 0.3) is 88.4 Å². The first-order valence-electron chi connectivity index (χ1n) is 24.0. The van der Waals surface area contributed by atoms with Crippen LogP contribution in [0.5, 0.6) is 0 Å². The third-order valence-electron chi connectivity index (χ3n) is 14.6. The molecule has 0 saturated carbocycles. The topological polar surface area (TPSA) is 29.5 Å². The molecule has 0 N–H and O–H groups in total. The smallest absolute Gasteiger partial charge is 0.159 e. The van der Waals surface area contributed by atoms with Crippen molar-refractivity contribution in [2.24, 2.45) is 0 Å². The van der Waals surface area contributed by atoms with Gasteiger partial charge in [-0.05, 0) is 104 Å². The van der Waals surface area contributed by atoms with Crippen molar-refractivity contribution in [2.75, 3.05) is 4.90 Å². The second-order valence-electron chi connectivity index (χ2n) is 18.3. The van der Waals surface area contributed by atoms with E-state index < -0.39 is 5.41 Å². The summed E-state index contributed by atoms with van der Waals surface area (Å²) < 4.78 is 14.5. The Morgan fingerprint density at radius 3 is 1.46 bits per heavy atom. The third-order valence-corrected chi connectivity index (χ3v) is 14.6. The molecule has 2 heterocycles. The van der Waals surface area contributed by atoms with Crippen molar-refractivity contribution in [1.82, 2.24) is 0 Å². The Morgan fingerprint density at radius 1 is 0.314 bits per heavy atom. The molecule has 11 aromatic carbocycles. The van der Waals surface area contributed by atoms with Crippen LogP contribution in [0.4, 0.5) is 17.1 Å². The molecule has 2 aromatic heterocycles. The number of hydrogen-bond donors (Lipinski definition) is 0. The summed E-state index contributed by atoms with van der Waals surface area (Å²) in [5.74, 6) is 0. The molecule has 0 radical (unpaired) electrons. The van der Waals surface area contributed by atoms with Gasteiger partial charge >= 0.3 is 0 Å². The summed E-state index contributed by atoms with van der Waals surface area (Å²) >= 11 is 0. The SMILES string of the molecule is c1ccc(-c2ccc(N(c3ccc(-c4ccccc4)cc3)c3cccc4c3oc3c(-c5cccc6c5-c5ccccc5C6(c5ccccc5)c5ccccc5)c5c(cc34)oc3ccccc35)cc2)cc1. The quantitative estimate of drug-likeness (QED) is 0.152. The Bertz CT molecular complexity index is 3960. The van der Waals surface area contributed by atoms with E-state index in [-0.39, 0.29) is 0 Å². The molecule has 70 heavy (non-hydrogen) atoms. The van der Waals surface area contributed by atoms with E-state index in [1.165, 1.54) is 44.5 Å². The molecule has 0 fully saturated rings. The minimum Gasteiger partial charge on any atom is -0.456 e. The van der Waals surface area contributed by atoms with E-state index in [0.29, 0.717) is 0 Å². The predicted octanol–water partition coefficient (Wildman–Crippen LogP) is 18.3. The zero-order valence-electron chi connectivity index (χ0n) is 38.1. The molecule has 0 atom stereocenters. The minimum atomic E-state index is -0.566. The Labute approximate surface area is 405 Å². The van der Waals surface area contributed by atoms with Crippen molar-refractivity contribution in [3.8, 4) is 44.5 Å². The summed E-state index contributed by atoms with van der Waals surface area (Å²) in [5, 5.41) is 4.10. The molecule has 13 aromatic rings. The van der Waals surface area contributed by atoms with Crippen LogP contribution in [0.1, 0.15) is 22.3 Å². The average molecular weight is 894 g/mol. The molecule has 14 rings (SSSR count). The fraction of sp³-hybridized carbons (Fsp3) is 0.0149. The first-order valence-corrected chi connectivity index (χ1v) is 24.0. The largest absolute Gasteiger partial charge is 0.456 e. The number of fused-ring (bicyclic) bond motifs is 9. The first-order chi connectivity index (χ1) is 34.7. The number of benzene rings is 11. The van der Waals surface area contributed by atoms with Crippen LogP contribution < -0.4 is 4.90 Å². The van der Waals surface area contributed by atoms with Gasteiger partial charge in [-0.2, -0.15) is 0 Å². The highest BCUT2D eigenvalue weighted by Gasteiger charge is 2.47. The Balaban J connectivity index is 1.05. The summed E-state index contributed by atoms with van der Waals surface area (Å²) in [6.07, 6.45) is 0. The maximum absolute atomic E-state index is 7.59. The number of anilines is 3. The lowest BCUT2D eigenvalue weighted by Gasteiger charge is -2.34. The average Bonchev–Trinajstić information content (AvgIpc) is 4.11. The number of rotatable bonds is 8. The van der Waals surface area contributed by atoms with Crippen molar-refractivity contribution in [2.45, 2.75) is 5.41 Å². The lowest BCUT2D eigenvalue weighted by atomic mass is 9.67. The van der Waals surface area contributed by atoms with Crippen LogP contribution in [0.2, 0.25) is 0 Å². The molecular weight excluding hydrogens is 851 g/mol. The van der Waals surface area contributed by atoms with Crippen molar-refractivity contribution >= 4 is 60.9 Å². The second kappa shape index (κ2) is 16.0. The van der Waals surface area contributed by atoms with Gasteiger partial charge in [0.2, 0.25) is 0 Å². The van der Waals surface area contributed by atoms with Gasteiger partial charge in [0, 0.05) is 38.5 Å². The third kappa shape index (κ3) is 6.01. The number of hydrogen-bond acceptors (Lipinski definition) is 3. The van der Waals surface area contributed by atoms with Gasteiger partial charge < -0.3 is 13.7 Å². The second-order valence-corrected chi connectivity index (χ2v) is 18.3. The van der Waals surface area contributed by atoms with Crippen LogP contribution in [0, 0.1) is 0 Å². The summed E-state index contributed by atoms with van der Waals surface area (Å²) in [7, 11) is 0. The van der Waals surface area contributed by atoms with E-state index in [0.717, 1.165) is 83.2 Å². The van der Waals surface area contributed by atoms with Crippen LogP contribution in [-0.2, 0) is 5.41 Å². The van der Waals surface area contributed by atoms with Crippen LogP contribution in [0.3, 0.4) is 0 Å². The molecule has 0 bridgehead atoms. The van der Waals surface area contributed by atoms with E-state index in [4.69, 9.17) is 8.83 Å². The maximum Gasteiger partial charge on any atom is 0.159 e. The van der Waals surface area contributed by atoms with Crippen molar-refractivity contribution < 1.29 is 8.83 Å². The number of nitrogens with zero attached hydrogens (tertiary/aromatic N) is 1. The highest BCUT2D eigenvalue weighted by molar-refractivity contribution is 6.25. The zero-order valence-corrected chi connectivity index (χ0v) is 38.1. The molecule has 0 unspecified atom stereocenters. The highest BCUT2D eigenvalue weighted by atomic mass is 16.3. The van der Waals surface area contributed by atoms with Crippen molar-refractivity contribution in [1.29, 1.82) is 0 Å². The summed E-state index contributed by atoms with van der Waals surface area (Å²) in [6.45, 7) is 0. The van der Waals surface area contributed by atoms with Gasteiger partial charge in [-0.15, -0.1) is 0 Å². The Hall–Kier alpha value is -9.18. The molecule has 1 aliphatic carbocycles. The number of furan rings is 2. The van der Waals surface area contributed by atoms with Crippen LogP contribution in [0.15, 0.2) is 270 Å². The van der Waals surface area contributed by atoms with Crippen LogP contribution >= 0.6 is 0 Å². The molecule has 0 amide bonds. The van der Waals surface area contributed by atoms with Gasteiger partial charge in [0.1, 0.15) is 16.7 Å². The van der Waals surface area contributed by atoms with Gasteiger partial charge in [0.15, 0.2) is 5.58 Å². The minimum absolute atomic E-state index is 0.566. The van der Waals surface area contributed by atoms with E-state index in [1.807, 2.05) is 6.07 Å². The molecule has 0 saturated heterocycles. The van der Waals surface area contributed by atoms with Crippen LogP contribution in [-0.4, -0.2) is 0 Å². The first kappa shape index (κ1) is 39.9. The normalized spacial score (nSPS) is 12.7. The van der Waals surface area contributed by atoms with E-state index in [9.17, 15) is 0 Å². The van der Waals surface area contributed by atoms with Gasteiger partial charge in [0.05, 0.1) is 11.1 Å². The van der Waals surface area contributed by atoms with Crippen molar-refractivity contribution in [3.05, 3.63) is 283 Å².